The lowest BCUT2D eigenvalue weighted by Gasteiger charge is -1.95. The van der Waals surface area contributed by atoms with E-state index in [1.54, 1.807) is 17.6 Å². The van der Waals surface area contributed by atoms with Crippen LogP contribution < -0.4 is 5.32 Å². The summed E-state index contributed by atoms with van der Waals surface area (Å²) < 4.78 is 5.04. The molecule has 0 fully saturated rings. The van der Waals surface area contributed by atoms with Crippen molar-refractivity contribution >= 4 is 22.4 Å². The first kappa shape index (κ1) is 10.8. The molecule has 5 nitrogen and oxygen atoms in total. The third-order valence-corrected chi connectivity index (χ3v) is 2.67. The number of carbonyl (C=O) groups is 1. The highest BCUT2D eigenvalue weighted by atomic mass is 32.1. The molecule has 0 aliphatic heterocycles. The molecule has 1 N–H and O–H groups in total. The molecule has 0 radical (unpaired) electrons. The number of amides is 1. The first-order valence-electron chi connectivity index (χ1n) is 4.84. The first-order chi connectivity index (χ1) is 7.66. The average molecular weight is 237 g/mol. The van der Waals surface area contributed by atoms with Crippen molar-refractivity contribution in [1.82, 2.24) is 10.1 Å². The lowest BCUT2D eigenvalue weighted by molar-refractivity contribution is 0.101. The smallest absolute Gasteiger partial charge is 0.279 e. The average Bonchev–Trinajstić information content (AvgIpc) is 2.86. The minimum Gasteiger partial charge on any atom is -0.360 e. The molecular weight excluding hydrogens is 226 g/mol. The van der Waals surface area contributed by atoms with Gasteiger partial charge in [0.15, 0.2) is 10.8 Å². The number of nitrogens with one attached hydrogen (secondary N) is 1. The van der Waals surface area contributed by atoms with Crippen molar-refractivity contribution in [2.75, 3.05) is 5.32 Å². The molecule has 6 heteroatoms. The van der Waals surface area contributed by atoms with Gasteiger partial charge in [-0.25, -0.2) is 4.98 Å². The van der Waals surface area contributed by atoms with Gasteiger partial charge in [-0.05, 0) is 0 Å². The minimum absolute atomic E-state index is 0.217. The van der Waals surface area contributed by atoms with Gasteiger partial charge in [0.1, 0.15) is 5.76 Å². The summed E-state index contributed by atoms with van der Waals surface area (Å²) in [7, 11) is 0. The van der Waals surface area contributed by atoms with Gasteiger partial charge in [0.25, 0.3) is 5.91 Å². The van der Waals surface area contributed by atoms with E-state index >= 15 is 0 Å². The Hall–Kier alpha value is -1.69. The fourth-order valence-corrected chi connectivity index (χ4v) is 1.64. The van der Waals surface area contributed by atoms with Crippen LogP contribution in [-0.4, -0.2) is 16.0 Å². The summed E-state index contributed by atoms with van der Waals surface area (Å²) in [5, 5.41) is 8.69. The summed E-state index contributed by atoms with van der Waals surface area (Å²) in [6.45, 7) is 3.95. The zero-order valence-electron chi connectivity index (χ0n) is 8.93. The highest BCUT2D eigenvalue weighted by Gasteiger charge is 2.14. The summed E-state index contributed by atoms with van der Waals surface area (Å²) in [6, 6.07) is 1.65. The molecule has 2 aromatic heterocycles. The highest BCUT2D eigenvalue weighted by molar-refractivity contribution is 7.13. The van der Waals surface area contributed by atoms with Crippen LogP contribution in [0.3, 0.4) is 0 Å². The third kappa shape index (κ3) is 2.27. The molecule has 0 aliphatic carbocycles. The molecule has 2 heterocycles. The normalized spacial score (nSPS) is 10.7. The van der Waals surface area contributed by atoms with Crippen molar-refractivity contribution in [3.05, 3.63) is 29.1 Å². The lowest BCUT2D eigenvalue weighted by Crippen LogP contribution is -2.11. The Bertz CT molecular complexity index is 476. The van der Waals surface area contributed by atoms with Crippen LogP contribution >= 0.6 is 11.3 Å². The van der Waals surface area contributed by atoms with E-state index < -0.39 is 0 Å². The maximum absolute atomic E-state index is 11.7. The summed E-state index contributed by atoms with van der Waals surface area (Å²) in [4.78, 5) is 15.6. The topological polar surface area (TPSA) is 68.0 Å². The Kier molecular flexibility index (Phi) is 3.00. The molecule has 0 saturated heterocycles. The summed E-state index contributed by atoms with van der Waals surface area (Å²) in [5.74, 6) is 0.615. The van der Waals surface area contributed by atoms with E-state index in [0.29, 0.717) is 10.9 Å². The van der Waals surface area contributed by atoms with E-state index in [0.717, 1.165) is 0 Å². The van der Waals surface area contributed by atoms with Crippen LogP contribution in [0.25, 0.3) is 0 Å². The van der Waals surface area contributed by atoms with E-state index in [1.807, 2.05) is 13.8 Å². The van der Waals surface area contributed by atoms with Crippen LogP contribution in [0, 0.1) is 0 Å². The molecule has 0 atom stereocenters. The molecule has 0 aliphatic rings. The van der Waals surface area contributed by atoms with Gasteiger partial charge in [-0.2, -0.15) is 0 Å². The van der Waals surface area contributed by atoms with Crippen LogP contribution in [0.5, 0.6) is 0 Å². The Morgan fingerprint density at radius 3 is 2.94 bits per heavy atom. The monoisotopic (exact) mass is 237 g/mol. The van der Waals surface area contributed by atoms with Gasteiger partial charge in [0.05, 0.1) is 0 Å². The molecule has 1 amide bonds. The largest absolute Gasteiger partial charge is 0.360 e. The van der Waals surface area contributed by atoms with E-state index in [9.17, 15) is 4.79 Å². The molecule has 2 rings (SSSR count). The fraction of sp³-hybridized carbons (Fsp3) is 0.300. The van der Waals surface area contributed by atoms with E-state index in [-0.39, 0.29) is 17.5 Å². The predicted octanol–water partition coefficient (Wildman–Crippen LogP) is 2.51. The quantitative estimate of drug-likeness (QED) is 0.890. The summed E-state index contributed by atoms with van der Waals surface area (Å²) in [5.41, 5.74) is 0.277. The van der Waals surface area contributed by atoms with Crippen LogP contribution in [0.2, 0.25) is 0 Å². The second-order valence-electron chi connectivity index (χ2n) is 3.56. The van der Waals surface area contributed by atoms with Crippen molar-refractivity contribution in [1.29, 1.82) is 0 Å². The summed E-state index contributed by atoms with van der Waals surface area (Å²) in [6.07, 6.45) is 1.63. The Morgan fingerprint density at radius 1 is 1.56 bits per heavy atom. The number of carbonyl (C=O) groups excluding carboxylic acids is 1. The van der Waals surface area contributed by atoms with E-state index in [1.165, 1.54) is 11.3 Å². The molecule has 84 valence electrons. The molecule has 0 bridgehead atoms. The first-order valence-corrected chi connectivity index (χ1v) is 5.72. The molecular formula is C10H11N3O2S. The van der Waals surface area contributed by atoms with Crippen LogP contribution in [0.1, 0.15) is 36.0 Å². The van der Waals surface area contributed by atoms with Crippen LogP contribution in [0.4, 0.5) is 5.13 Å². The number of nitrogens with zero attached hydrogens (tertiary/aromatic N) is 2. The SMILES string of the molecule is CC(C)c1cc(C(=O)Nc2nccs2)no1. The van der Waals surface area contributed by atoms with E-state index in [2.05, 4.69) is 15.5 Å². The molecule has 0 unspecified atom stereocenters. The number of hydrogen-bond acceptors (Lipinski definition) is 5. The third-order valence-electron chi connectivity index (χ3n) is 1.98. The van der Waals surface area contributed by atoms with Gasteiger partial charge >= 0.3 is 0 Å². The van der Waals surface area contributed by atoms with Crippen LogP contribution in [0.15, 0.2) is 22.2 Å². The number of hydrogen-bond donors (Lipinski definition) is 1. The lowest BCUT2D eigenvalue weighted by atomic mass is 10.1. The molecule has 0 aromatic carbocycles. The number of rotatable bonds is 3. The zero-order valence-corrected chi connectivity index (χ0v) is 9.75. The zero-order chi connectivity index (χ0) is 11.5. The van der Waals surface area contributed by atoms with Gasteiger partial charge in [-0.1, -0.05) is 19.0 Å². The number of thiazole rings is 1. The Labute approximate surface area is 96.5 Å². The molecule has 16 heavy (non-hydrogen) atoms. The molecule has 2 aromatic rings. The predicted molar refractivity (Wildman–Crippen MR) is 60.7 cm³/mol. The highest BCUT2D eigenvalue weighted by Crippen LogP contribution is 2.16. The minimum atomic E-state index is -0.300. The maximum atomic E-state index is 11.7. The van der Waals surface area contributed by atoms with Crippen molar-refractivity contribution in [2.45, 2.75) is 19.8 Å². The fourth-order valence-electron chi connectivity index (χ4n) is 1.11. The standard InChI is InChI=1S/C10H11N3O2S/c1-6(2)8-5-7(13-15-8)9(14)12-10-11-3-4-16-10/h3-6H,1-2H3,(H,11,12,14). The van der Waals surface area contributed by atoms with Crippen molar-refractivity contribution in [3.8, 4) is 0 Å². The second kappa shape index (κ2) is 4.44. The van der Waals surface area contributed by atoms with Crippen molar-refractivity contribution in [3.63, 3.8) is 0 Å². The van der Waals surface area contributed by atoms with E-state index in [4.69, 9.17) is 4.52 Å². The van der Waals surface area contributed by atoms with Gasteiger partial charge in [-0.3, -0.25) is 10.1 Å². The van der Waals surface area contributed by atoms with Crippen molar-refractivity contribution in [2.24, 2.45) is 0 Å². The van der Waals surface area contributed by atoms with Crippen molar-refractivity contribution < 1.29 is 9.32 Å². The van der Waals surface area contributed by atoms with Gasteiger partial charge in [-0.15, -0.1) is 11.3 Å². The maximum Gasteiger partial charge on any atom is 0.279 e. The van der Waals surface area contributed by atoms with Crippen LogP contribution in [-0.2, 0) is 0 Å². The number of anilines is 1. The second-order valence-corrected chi connectivity index (χ2v) is 4.46. The Morgan fingerprint density at radius 2 is 2.38 bits per heavy atom. The molecule has 0 saturated carbocycles. The Balaban J connectivity index is 2.09. The number of aromatic nitrogens is 2. The van der Waals surface area contributed by atoms with Gasteiger partial charge in [0, 0.05) is 23.6 Å². The van der Waals surface area contributed by atoms with Gasteiger partial charge in [0.2, 0.25) is 0 Å². The van der Waals surface area contributed by atoms with Gasteiger partial charge < -0.3 is 4.52 Å². The summed E-state index contributed by atoms with van der Waals surface area (Å²) >= 11 is 1.36. The molecule has 0 spiro atoms.